The first-order valence-electron chi connectivity index (χ1n) is 6.09. The van der Waals surface area contributed by atoms with E-state index in [4.69, 9.17) is 4.74 Å². The molecule has 1 amide bonds. The first-order valence-corrected chi connectivity index (χ1v) is 6.09. The smallest absolute Gasteiger partial charge is 0.310 e. The number of fused-ring (bicyclic) bond motifs is 2. The Bertz CT molecular complexity index is 540. The molecule has 2 N–H and O–H groups in total. The summed E-state index contributed by atoms with van der Waals surface area (Å²) in [5, 5.41) is 12.0. The number of nitrogens with one attached hydrogen (secondary N) is 1. The fraction of sp³-hybridized carbons (Fsp3) is 0.286. The summed E-state index contributed by atoms with van der Waals surface area (Å²) >= 11 is 0. The molecule has 2 heterocycles. The monoisotopic (exact) mass is 259 g/mol. The lowest BCUT2D eigenvalue weighted by molar-refractivity contribution is -0.145. The van der Waals surface area contributed by atoms with Gasteiger partial charge in [0.15, 0.2) is 0 Å². The molecule has 4 atom stereocenters. The van der Waals surface area contributed by atoms with Crippen LogP contribution in [0.2, 0.25) is 0 Å². The van der Waals surface area contributed by atoms with E-state index in [1.165, 1.54) is 0 Å². The molecule has 19 heavy (non-hydrogen) atoms. The number of carboxylic acid groups (broad SMARTS) is 1. The van der Waals surface area contributed by atoms with Gasteiger partial charge < -0.3 is 15.2 Å². The highest BCUT2D eigenvalue weighted by Gasteiger charge is 2.53. The van der Waals surface area contributed by atoms with E-state index in [9.17, 15) is 14.7 Å². The second-order valence-corrected chi connectivity index (χ2v) is 4.70. The lowest BCUT2D eigenvalue weighted by Gasteiger charge is -2.20. The maximum atomic E-state index is 12.2. The van der Waals surface area contributed by atoms with E-state index >= 15 is 0 Å². The topological polar surface area (TPSA) is 75.6 Å². The van der Waals surface area contributed by atoms with Crippen molar-refractivity contribution in [3.8, 4) is 0 Å². The summed E-state index contributed by atoms with van der Waals surface area (Å²) in [7, 11) is 0. The highest BCUT2D eigenvalue weighted by molar-refractivity contribution is 5.96. The number of amides is 1. The largest absolute Gasteiger partial charge is 0.481 e. The molecule has 0 radical (unpaired) electrons. The van der Waals surface area contributed by atoms with Gasteiger partial charge in [0.05, 0.1) is 18.1 Å². The summed E-state index contributed by atoms with van der Waals surface area (Å²) in [5.41, 5.74) is 0.656. The molecule has 3 rings (SSSR count). The molecule has 1 saturated heterocycles. The number of hydrogen-bond donors (Lipinski definition) is 2. The molecule has 2 bridgehead atoms. The van der Waals surface area contributed by atoms with Gasteiger partial charge in [-0.25, -0.2) is 0 Å². The van der Waals surface area contributed by atoms with Crippen LogP contribution in [0.1, 0.15) is 0 Å². The molecular weight excluding hydrogens is 246 g/mol. The lowest BCUT2D eigenvalue weighted by Crippen LogP contribution is -2.39. The number of aliphatic carboxylic acids is 1. The Morgan fingerprint density at radius 2 is 1.68 bits per heavy atom. The van der Waals surface area contributed by atoms with Gasteiger partial charge in [0, 0.05) is 5.69 Å². The molecule has 0 aromatic heterocycles. The molecule has 0 saturated carbocycles. The molecule has 1 aromatic rings. The third-order valence-electron chi connectivity index (χ3n) is 3.53. The van der Waals surface area contributed by atoms with Crippen molar-refractivity contribution >= 4 is 17.6 Å². The number of anilines is 1. The van der Waals surface area contributed by atoms with Crippen molar-refractivity contribution in [1.82, 2.24) is 0 Å². The van der Waals surface area contributed by atoms with Crippen LogP contribution in [0.15, 0.2) is 42.5 Å². The SMILES string of the molecule is O=C(O)[C@@H]1[C@@H](C(=O)Nc2ccccc2)[C@H]2C=C[C@@H]1O2. The molecule has 1 aromatic carbocycles. The minimum absolute atomic E-state index is 0.310. The molecule has 0 aliphatic carbocycles. The van der Waals surface area contributed by atoms with Gasteiger partial charge in [0.1, 0.15) is 5.92 Å². The number of hydrogen-bond acceptors (Lipinski definition) is 3. The number of carboxylic acids is 1. The first-order chi connectivity index (χ1) is 9.16. The molecule has 5 heteroatoms. The molecule has 5 nitrogen and oxygen atoms in total. The zero-order chi connectivity index (χ0) is 13.4. The van der Waals surface area contributed by atoms with Crippen LogP contribution in [-0.4, -0.2) is 29.2 Å². The maximum Gasteiger partial charge on any atom is 0.310 e. The third-order valence-corrected chi connectivity index (χ3v) is 3.53. The van der Waals surface area contributed by atoms with Crippen molar-refractivity contribution < 1.29 is 19.4 Å². The van der Waals surface area contributed by atoms with Crippen LogP contribution in [0, 0.1) is 11.8 Å². The average molecular weight is 259 g/mol. The number of carbonyl (C=O) groups excluding carboxylic acids is 1. The van der Waals surface area contributed by atoms with E-state index in [1.807, 2.05) is 18.2 Å². The molecule has 98 valence electrons. The zero-order valence-electron chi connectivity index (χ0n) is 10.0. The summed E-state index contributed by atoms with van der Waals surface area (Å²) in [6, 6.07) is 8.98. The number of para-hydroxylation sites is 1. The van der Waals surface area contributed by atoms with Crippen LogP contribution in [0.4, 0.5) is 5.69 Å². The molecular formula is C14H13NO4. The Morgan fingerprint density at radius 1 is 1.05 bits per heavy atom. The fourth-order valence-corrected chi connectivity index (χ4v) is 2.66. The van der Waals surface area contributed by atoms with E-state index in [0.29, 0.717) is 5.69 Å². The summed E-state index contributed by atoms with van der Waals surface area (Å²) in [4.78, 5) is 23.5. The summed E-state index contributed by atoms with van der Waals surface area (Å²) < 4.78 is 5.46. The first kappa shape index (κ1) is 11.9. The normalized spacial score (nSPS) is 31.4. The fourth-order valence-electron chi connectivity index (χ4n) is 2.66. The van der Waals surface area contributed by atoms with Crippen LogP contribution in [-0.2, 0) is 14.3 Å². The standard InChI is InChI=1S/C14H13NO4/c16-13(15-8-4-2-1-3-5-8)11-9-6-7-10(19-9)12(11)14(17)18/h1-7,9-12H,(H,15,16)(H,17,18)/t9-,10+,11+,12+/m1/s1. The Labute approximate surface area is 109 Å². The van der Waals surface area contributed by atoms with E-state index < -0.39 is 30.0 Å². The van der Waals surface area contributed by atoms with Gasteiger partial charge in [-0.05, 0) is 12.1 Å². The molecule has 0 spiro atoms. The molecule has 0 unspecified atom stereocenters. The van der Waals surface area contributed by atoms with Crippen molar-refractivity contribution in [1.29, 1.82) is 0 Å². The van der Waals surface area contributed by atoms with Crippen molar-refractivity contribution in [3.05, 3.63) is 42.5 Å². The van der Waals surface area contributed by atoms with Gasteiger partial charge in [-0.15, -0.1) is 0 Å². The Kier molecular flexibility index (Phi) is 2.83. The molecule has 2 aliphatic rings. The van der Waals surface area contributed by atoms with Crippen LogP contribution in [0.25, 0.3) is 0 Å². The van der Waals surface area contributed by atoms with Gasteiger partial charge in [-0.3, -0.25) is 9.59 Å². The Hall–Kier alpha value is -2.14. The average Bonchev–Trinajstić information content (AvgIpc) is 2.99. The highest BCUT2D eigenvalue weighted by atomic mass is 16.5. The van der Waals surface area contributed by atoms with Gasteiger partial charge in [-0.2, -0.15) is 0 Å². The summed E-state index contributed by atoms with van der Waals surface area (Å²) in [6.45, 7) is 0. The number of benzene rings is 1. The molecule has 2 aliphatic heterocycles. The predicted molar refractivity (Wildman–Crippen MR) is 67.5 cm³/mol. The van der Waals surface area contributed by atoms with E-state index in [-0.39, 0.29) is 5.91 Å². The van der Waals surface area contributed by atoms with Crippen LogP contribution < -0.4 is 5.32 Å². The minimum atomic E-state index is -0.995. The number of ether oxygens (including phenoxy) is 1. The molecule has 1 fully saturated rings. The third kappa shape index (κ3) is 2.02. The van der Waals surface area contributed by atoms with Crippen LogP contribution in [0.3, 0.4) is 0 Å². The maximum absolute atomic E-state index is 12.2. The van der Waals surface area contributed by atoms with Crippen molar-refractivity contribution in [2.75, 3.05) is 5.32 Å². The van der Waals surface area contributed by atoms with Crippen LogP contribution in [0.5, 0.6) is 0 Å². The van der Waals surface area contributed by atoms with E-state index in [2.05, 4.69) is 5.32 Å². The van der Waals surface area contributed by atoms with Gasteiger partial charge >= 0.3 is 5.97 Å². The minimum Gasteiger partial charge on any atom is -0.481 e. The van der Waals surface area contributed by atoms with Crippen molar-refractivity contribution in [2.24, 2.45) is 11.8 Å². The van der Waals surface area contributed by atoms with E-state index in [0.717, 1.165) is 0 Å². The van der Waals surface area contributed by atoms with Crippen molar-refractivity contribution in [3.63, 3.8) is 0 Å². The summed E-state index contributed by atoms with van der Waals surface area (Å²) in [6.07, 6.45) is 2.55. The second kappa shape index (κ2) is 4.51. The zero-order valence-corrected chi connectivity index (χ0v) is 10.0. The van der Waals surface area contributed by atoms with Crippen LogP contribution >= 0.6 is 0 Å². The lowest BCUT2D eigenvalue weighted by atomic mass is 9.82. The second-order valence-electron chi connectivity index (χ2n) is 4.70. The Morgan fingerprint density at radius 3 is 2.32 bits per heavy atom. The predicted octanol–water partition coefficient (Wildman–Crippen LogP) is 1.28. The highest BCUT2D eigenvalue weighted by Crippen LogP contribution is 2.39. The van der Waals surface area contributed by atoms with E-state index in [1.54, 1.807) is 24.3 Å². The summed E-state index contributed by atoms with van der Waals surface area (Å²) in [5.74, 6) is -2.79. The quantitative estimate of drug-likeness (QED) is 0.802. The number of carbonyl (C=O) groups is 2. The van der Waals surface area contributed by atoms with Gasteiger partial charge in [-0.1, -0.05) is 30.4 Å². The van der Waals surface area contributed by atoms with Gasteiger partial charge in [0.2, 0.25) is 5.91 Å². The van der Waals surface area contributed by atoms with Gasteiger partial charge in [0.25, 0.3) is 0 Å². The number of rotatable bonds is 3. The van der Waals surface area contributed by atoms with Crippen molar-refractivity contribution in [2.45, 2.75) is 12.2 Å². The Balaban J connectivity index is 1.79.